The maximum Gasteiger partial charge on any atom is 0.227 e. The fourth-order valence-corrected chi connectivity index (χ4v) is 0.856. The Balaban J connectivity index is 2.75. The Morgan fingerprint density at radius 2 is 2.00 bits per heavy atom. The number of aromatic hydroxyl groups is 1. The molecule has 0 fully saturated rings. The number of para-hydroxylation sites is 2. The van der Waals surface area contributed by atoms with E-state index in [1.54, 1.807) is 32.0 Å². The maximum atomic E-state index is 11.2. The highest BCUT2D eigenvalue weighted by molar-refractivity contribution is 5.93. The molecule has 0 heterocycles. The SMILES string of the molecule is CC(C)C(=O)Nc1ccccc1O. The number of amides is 1. The lowest BCUT2D eigenvalue weighted by Crippen LogP contribution is -2.17. The molecule has 0 saturated heterocycles. The van der Waals surface area contributed by atoms with Gasteiger partial charge in [0.2, 0.25) is 5.91 Å². The van der Waals surface area contributed by atoms with Gasteiger partial charge in [0.1, 0.15) is 5.75 Å². The summed E-state index contributed by atoms with van der Waals surface area (Å²) in [5.74, 6) is -0.0855. The smallest absolute Gasteiger partial charge is 0.227 e. The summed E-state index contributed by atoms with van der Waals surface area (Å²) in [6, 6.07) is 6.67. The number of nitrogens with one attached hydrogen (secondary N) is 1. The zero-order valence-corrected chi connectivity index (χ0v) is 7.74. The average Bonchev–Trinajstić information content (AvgIpc) is 2.08. The Kier molecular flexibility index (Phi) is 2.90. The lowest BCUT2D eigenvalue weighted by atomic mass is 10.2. The van der Waals surface area contributed by atoms with Crippen molar-refractivity contribution in [3.8, 4) is 5.75 Å². The molecule has 1 rings (SSSR count). The molecule has 1 aromatic rings. The third-order valence-corrected chi connectivity index (χ3v) is 1.69. The van der Waals surface area contributed by atoms with E-state index in [-0.39, 0.29) is 17.6 Å². The van der Waals surface area contributed by atoms with E-state index in [9.17, 15) is 9.90 Å². The molecule has 0 saturated carbocycles. The Bertz CT molecular complexity index is 308. The molecule has 1 amide bonds. The van der Waals surface area contributed by atoms with Crippen molar-refractivity contribution in [2.45, 2.75) is 13.8 Å². The fourth-order valence-electron chi connectivity index (χ4n) is 0.856. The van der Waals surface area contributed by atoms with Crippen molar-refractivity contribution in [3.63, 3.8) is 0 Å². The molecule has 0 atom stereocenters. The van der Waals surface area contributed by atoms with Gasteiger partial charge in [0.15, 0.2) is 0 Å². The highest BCUT2D eigenvalue weighted by atomic mass is 16.3. The van der Waals surface area contributed by atoms with Gasteiger partial charge >= 0.3 is 0 Å². The lowest BCUT2D eigenvalue weighted by Gasteiger charge is -2.08. The molecule has 70 valence electrons. The van der Waals surface area contributed by atoms with Crippen molar-refractivity contribution in [2.75, 3.05) is 5.32 Å². The van der Waals surface area contributed by atoms with Crippen LogP contribution in [0.25, 0.3) is 0 Å². The highest BCUT2D eigenvalue weighted by Gasteiger charge is 2.08. The molecule has 3 nitrogen and oxygen atoms in total. The number of hydrogen-bond acceptors (Lipinski definition) is 2. The van der Waals surface area contributed by atoms with Crippen LogP contribution in [0.2, 0.25) is 0 Å². The van der Waals surface area contributed by atoms with Crippen LogP contribution in [0.1, 0.15) is 13.8 Å². The van der Waals surface area contributed by atoms with E-state index in [1.165, 1.54) is 6.07 Å². The van der Waals surface area contributed by atoms with Gasteiger partial charge in [0.25, 0.3) is 0 Å². The lowest BCUT2D eigenvalue weighted by molar-refractivity contribution is -0.118. The first-order valence-corrected chi connectivity index (χ1v) is 4.20. The highest BCUT2D eigenvalue weighted by Crippen LogP contribution is 2.21. The number of hydrogen-bond donors (Lipinski definition) is 2. The topological polar surface area (TPSA) is 49.3 Å². The molecular weight excluding hydrogens is 166 g/mol. The van der Waals surface area contributed by atoms with E-state index in [0.29, 0.717) is 5.69 Å². The molecule has 1 aromatic carbocycles. The van der Waals surface area contributed by atoms with Crippen molar-refractivity contribution in [2.24, 2.45) is 5.92 Å². The van der Waals surface area contributed by atoms with Gasteiger partial charge < -0.3 is 10.4 Å². The summed E-state index contributed by atoms with van der Waals surface area (Å²) in [6.07, 6.45) is 0. The van der Waals surface area contributed by atoms with Gasteiger partial charge in [-0.15, -0.1) is 0 Å². The summed E-state index contributed by atoms with van der Waals surface area (Å²) in [5.41, 5.74) is 0.459. The minimum absolute atomic E-state index is 0.0837. The average molecular weight is 179 g/mol. The third kappa shape index (κ3) is 2.47. The number of phenols is 1. The number of carbonyl (C=O) groups is 1. The molecule has 0 aliphatic rings. The zero-order chi connectivity index (χ0) is 9.84. The van der Waals surface area contributed by atoms with E-state index in [4.69, 9.17) is 0 Å². The molecular formula is C10H13NO2. The van der Waals surface area contributed by atoms with Crippen LogP contribution in [0.15, 0.2) is 24.3 Å². The summed E-state index contributed by atoms with van der Waals surface area (Å²) < 4.78 is 0. The van der Waals surface area contributed by atoms with Crippen LogP contribution >= 0.6 is 0 Å². The number of anilines is 1. The molecule has 0 aliphatic carbocycles. The van der Waals surface area contributed by atoms with Crippen LogP contribution in [0.4, 0.5) is 5.69 Å². The van der Waals surface area contributed by atoms with Gasteiger partial charge in [-0.25, -0.2) is 0 Å². The van der Waals surface area contributed by atoms with Crippen LogP contribution < -0.4 is 5.32 Å². The van der Waals surface area contributed by atoms with E-state index in [2.05, 4.69) is 5.32 Å². The molecule has 0 aromatic heterocycles. The van der Waals surface area contributed by atoms with Crippen LogP contribution in [0.3, 0.4) is 0 Å². The summed E-state index contributed by atoms with van der Waals surface area (Å²) in [6.45, 7) is 3.60. The zero-order valence-electron chi connectivity index (χ0n) is 7.74. The number of rotatable bonds is 2. The van der Waals surface area contributed by atoms with E-state index in [0.717, 1.165) is 0 Å². The van der Waals surface area contributed by atoms with Gasteiger partial charge in [-0.3, -0.25) is 4.79 Å². The second kappa shape index (κ2) is 3.94. The Labute approximate surface area is 77.4 Å². The first-order valence-electron chi connectivity index (χ1n) is 4.20. The molecule has 0 spiro atoms. The summed E-state index contributed by atoms with van der Waals surface area (Å²) in [7, 11) is 0. The second-order valence-electron chi connectivity index (χ2n) is 3.16. The minimum atomic E-state index is -0.0958. The Morgan fingerprint density at radius 1 is 1.38 bits per heavy atom. The predicted octanol–water partition coefficient (Wildman–Crippen LogP) is 1.99. The first kappa shape index (κ1) is 9.58. The molecule has 3 heteroatoms. The molecule has 0 radical (unpaired) electrons. The monoisotopic (exact) mass is 179 g/mol. The normalized spacial score (nSPS) is 10.1. The van der Waals surface area contributed by atoms with E-state index < -0.39 is 0 Å². The Hall–Kier alpha value is -1.51. The minimum Gasteiger partial charge on any atom is -0.506 e. The van der Waals surface area contributed by atoms with Gasteiger partial charge in [-0.1, -0.05) is 26.0 Å². The number of carbonyl (C=O) groups excluding carboxylic acids is 1. The van der Waals surface area contributed by atoms with Crippen LogP contribution in [0, 0.1) is 5.92 Å². The van der Waals surface area contributed by atoms with Crippen molar-refractivity contribution in [1.29, 1.82) is 0 Å². The van der Waals surface area contributed by atoms with Crippen LogP contribution in [0.5, 0.6) is 5.75 Å². The Morgan fingerprint density at radius 3 is 2.54 bits per heavy atom. The van der Waals surface area contributed by atoms with E-state index in [1.807, 2.05) is 0 Å². The quantitative estimate of drug-likeness (QED) is 0.682. The molecule has 0 unspecified atom stereocenters. The van der Waals surface area contributed by atoms with Gasteiger partial charge in [0.05, 0.1) is 5.69 Å². The van der Waals surface area contributed by atoms with Crippen molar-refractivity contribution in [1.82, 2.24) is 0 Å². The maximum absolute atomic E-state index is 11.2. The molecule has 0 bridgehead atoms. The third-order valence-electron chi connectivity index (χ3n) is 1.69. The van der Waals surface area contributed by atoms with E-state index >= 15 is 0 Å². The van der Waals surface area contributed by atoms with Crippen molar-refractivity contribution in [3.05, 3.63) is 24.3 Å². The molecule has 0 aliphatic heterocycles. The number of phenolic OH excluding ortho intramolecular Hbond substituents is 1. The molecule has 13 heavy (non-hydrogen) atoms. The van der Waals surface area contributed by atoms with Crippen LogP contribution in [-0.2, 0) is 4.79 Å². The first-order chi connectivity index (χ1) is 6.11. The predicted molar refractivity (Wildman–Crippen MR) is 51.6 cm³/mol. The summed E-state index contributed by atoms with van der Waals surface area (Å²) >= 11 is 0. The number of benzene rings is 1. The summed E-state index contributed by atoms with van der Waals surface area (Å²) in [5, 5.41) is 11.9. The van der Waals surface area contributed by atoms with Gasteiger partial charge in [-0.2, -0.15) is 0 Å². The standard InChI is InChI=1S/C10H13NO2/c1-7(2)10(13)11-8-5-3-4-6-9(8)12/h3-7,12H,1-2H3,(H,11,13). The second-order valence-corrected chi connectivity index (χ2v) is 3.16. The largest absolute Gasteiger partial charge is 0.506 e. The van der Waals surface area contributed by atoms with Gasteiger partial charge in [-0.05, 0) is 12.1 Å². The fraction of sp³-hybridized carbons (Fsp3) is 0.300. The molecule has 2 N–H and O–H groups in total. The van der Waals surface area contributed by atoms with Crippen molar-refractivity contribution >= 4 is 11.6 Å². The van der Waals surface area contributed by atoms with Gasteiger partial charge in [0, 0.05) is 5.92 Å². The summed E-state index contributed by atoms with van der Waals surface area (Å²) in [4.78, 5) is 11.2. The van der Waals surface area contributed by atoms with Crippen molar-refractivity contribution < 1.29 is 9.90 Å². The van der Waals surface area contributed by atoms with Crippen LogP contribution in [-0.4, -0.2) is 11.0 Å².